The fraction of sp³-hybridized carbons (Fsp3) is 0.211. The van der Waals surface area contributed by atoms with Crippen LogP contribution in [0.3, 0.4) is 0 Å². The van der Waals surface area contributed by atoms with Crippen molar-refractivity contribution in [3.05, 3.63) is 71.7 Å². The molecule has 1 amide bonds. The van der Waals surface area contributed by atoms with Crippen LogP contribution in [0.25, 0.3) is 0 Å². The van der Waals surface area contributed by atoms with Crippen LogP contribution in [-0.2, 0) is 18.4 Å². The number of carbonyl (C=O) groups is 1. The molecule has 0 aliphatic carbocycles. The van der Waals surface area contributed by atoms with Gasteiger partial charge in [-0.2, -0.15) is 5.10 Å². The zero-order valence-corrected chi connectivity index (χ0v) is 13.8. The lowest BCUT2D eigenvalue weighted by molar-refractivity contribution is -0.116. The number of aromatic nitrogens is 3. The molecule has 0 radical (unpaired) electrons. The Morgan fingerprint density at radius 1 is 1.28 bits per heavy atom. The predicted molar refractivity (Wildman–Crippen MR) is 93.3 cm³/mol. The first-order valence-corrected chi connectivity index (χ1v) is 8.15. The van der Waals surface area contributed by atoms with E-state index in [4.69, 9.17) is 4.74 Å². The van der Waals surface area contributed by atoms with Crippen molar-refractivity contribution < 1.29 is 9.53 Å². The molecule has 3 heterocycles. The Balaban J connectivity index is 1.58. The van der Waals surface area contributed by atoms with Crippen LogP contribution in [0.1, 0.15) is 29.2 Å². The van der Waals surface area contributed by atoms with Gasteiger partial charge in [0.25, 0.3) is 0 Å². The molecular weight excluding hydrogens is 316 g/mol. The minimum absolute atomic E-state index is 0.000840. The van der Waals surface area contributed by atoms with Gasteiger partial charge >= 0.3 is 0 Å². The monoisotopic (exact) mass is 334 g/mol. The highest BCUT2D eigenvalue weighted by Gasteiger charge is 2.29. The van der Waals surface area contributed by atoms with Gasteiger partial charge in [-0.1, -0.05) is 18.2 Å². The summed E-state index contributed by atoms with van der Waals surface area (Å²) in [5.41, 5.74) is 2.95. The summed E-state index contributed by atoms with van der Waals surface area (Å²) in [6.07, 6.45) is 3.98. The molecule has 2 aromatic heterocycles. The first kappa shape index (κ1) is 15.4. The van der Waals surface area contributed by atoms with E-state index in [2.05, 4.69) is 15.4 Å². The predicted octanol–water partition coefficient (Wildman–Crippen LogP) is 2.87. The molecule has 0 bridgehead atoms. The number of hydrogen-bond donors (Lipinski definition) is 1. The molecule has 4 rings (SSSR count). The van der Waals surface area contributed by atoms with Gasteiger partial charge in [0.05, 0.1) is 11.9 Å². The Labute approximate surface area is 145 Å². The molecule has 1 aromatic carbocycles. The van der Waals surface area contributed by atoms with Gasteiger partial charge in [-0.05, 0) is 29.8 Å². The van der Waals surface area contributed by atoms with Crippen molar-refractivity contribution in [3.63, 3.8) is 0 Å². The lowest BCUT2D eigenvalue weighted by atomic mass is 9.87. The van der Waals surface area contributed by atoms with Crippen LogP contribution in [0.15, 0.2) is 54.9 Å². The summed E-state index contributed by atoms with van der Waals surface area (Å²) < 4.78 is 7.55. The van der Waals surface area contributed by atoms with Crippen LogP contribution < -0.4 is 10.1 Å². The number of nitrogens with zero attached hydrogens (tertiary/aromatic N) is 3. The van der Waals surface area contributed by atoms with Crippen LogP contribution in [0.5, 0.6) is 5.75 Å². The molecule has 1 N–H and O–H groups in total. The van der Waals surface area contributed by atoms with Gasteiger partial charge in [0.15, 0.2) is 0 Å². The molecule has 0 saturated carbocycles. The average Bonchev–Trinajstić information content (AvgIpc) is 3.01. The van der Waals surface area contributed by atoms with E-state index in [-0.39, 0.29) is 11.8 Å². The summed E-state index contributed by atoms with van der Waals surface area (Å²) in [5, 5.41) is 7.16. The maximum Gasteiger partial charge on any atom is 0.226 e. The minimum Gasteiger partial charge on any atom is -0.487 e. The molecule has 0 saturated heterocycles. The number of carbonyl (C=O) groups excluding carboxylic acids is 1. The molecule has 1 atom stereocenters. The summed E-state index contributed by atoms with van der Waals surface area (Å²) in [6.45, 7) is 0.410. The van der Waals surface area contributed by atoms with E-state index in [1.165, 1.54) is 0 Å². The van der Waals surface area contributed by atoms with Crippen LogP contribution in [0.2, 0.25) is 0 Å². The summed E-state index contributed by atoms with van der Waals surface area (Å²) in [7, 11) is 1.83. The quantitative estimate of drug-likeness (QED) is 0.796. The zero-order chi connectivity index (χ0) is 17.2. The number of rotatable bonds is 4. The van der Waals surface area contributed by atoms with E-state index in [1.807, 2.05) is 55.7 Å². The van der Waals surface area contributed by atoms with Gasteiger partial charge < -0.3 is 10.1 Å². The molecule has 1 aliphatic heterocycles. The number of benzene rings is 1. The van der Waals surface area contributed by atoms with Crippen molar-refractivity contribution in [1.29, 1.82) is 0 Å². The maximum absolute atomic E-state index is 12.1. The standard InChI is InChI=1S/C19H18N4O2/c1-23-19-17(11-21-23)16(10-18(24)22-19)13-5-4-7-15(9-13)25-12-14-6-2-3-8-20-14/h2-9,11,16H,10,12H2,1H3,(H,22,24)/t16-/m1/s1. The topological polar surface area (TPSA) is 69.0 Å². The fourth-order valence-electron chi connectivity index (χ4n) is 3.10. The highest BCUT2D eigenvalue weighted by Crippen LogP contribution is 2.37. The summed E-state index contributed by atoms with van der Waals surface area (Å²) in [4.78, 5) is 16.3. The number of nitrogens with one attached hydrogen (secondary N) is 1. The van der Waals surface area contributed by atoms with E-state index in [0.29, 0.717) is 13.0 Å². The van der Waals surface area contributed by atoms with Crippen LogP contribution in [0.4, 0.5) is 5.82 Å². The zero-order valence-electron chi connectivity index (χ0n) is 13.8. The SMILES string of the molecule is Cn1ncc2c1NC(=O)C[C@@H]2c1cccc(OCc2ccccn2)c1. The second-order valence-electron chi connectivity index (χ2n) is 6.06. The maximum atomic E-state index is 12.1. The Morgan fingerprint density at radius 3 is 3.04 bits per heavy atom. The Hall–Kier alpha value is -3.15. The van der Waals surface area contributed by atoms with E-state index in [0.717, 1.165) is 28.4 Å². The first-order valence-electron chi connectivity index (χ1n) is 8.15. The number of ether oxygens (including phenoxy) is 1. The normalized spacial score (nSPS) is 16.2. The van der Waals surface area contributed by atoms with Crippen LogP contribution in [-0.4, -0.2) is 20.7 Å². The number of anilines is 1. The van der Waals surface area contributed by atoms with Crippen molar-refractivity contribution in [3.8, 4) is 5.75 Å². The van der Waals surface area contributed by atoms with Gasteiger partial charge in [-0.3, -0.25) is 14.5 Å². The number of amides is 1. The summed E-state index contributed by atoms with van der Waals surface area (Å²) in [5.74, 6) is 1.51. The lowest BCUT2D eigenvalue weighted by Gasteiger charge is -2.23. The molecular formula is C19H18N4O2. The van der Waals surface area contributed by atoms with Crippen molar-refractivity contribution in [1.82, 2.24) is 14.8 Å². The molecule has 0 spiro atoms. The van der Waals surface area contributed by atoms with Crippen molar-refractivity contribution in [2.75, 3.05) is 5.32 Å². The van der Waals surface area contributed by atoms with Crippen LogP contribution >= 0.6 is 0 Å². The average molecular weight is 334 g/mol. The van der Waals surface area contributed by atoms with Crippen molar-refractivity contribution >= 4 is 11.7 Å². The molecule has 0 unspecified atom stereocenters. The molecule has 6 nitrogen and oxygen atoms in total. The minimum atomic E-state index is -0.0177. The molecule has 126 valence electrons. The van der Waals surface area contributed by atoms with Gasteiger partial charge in [-0.25, -0.2) is 0 Å². The summed E-state index contributed by atoms with van der Waals surface area (Å²) >= 11 is 0. The van der Waals surface area contributed by atoms with E-state index < -0.39 is 0 Å². The second-order valence-corrected chi connectivity index (χ2v) is 6.06. The van der Waals surface area contributed by atoms with E-state index >= 15 is 0 Å². The molecule has 1 aliphatic rings. The summed E-state index contributed by atoms with van der Waals surface area (Å²) in [6, 6.07) is 13.6. The van der Waals surface area contributed by atoms with Gasteiger partial charge in [-0.15, -0.1) is 0 Å². The van der Waals surface area contributed by atoms with Crippen molar-refractivity contribution in [2.45, 2.75) is 18.9 Å². The third-order valence-corrected chi connectivity index (χ3v) is 4.36. The fourth-order valence-corrected chi connectivity index (χ4v) is 3.10. The first-order chi connectivity index (χ1) is 12.2. The van der Waals surface area contributed by atoms with Crippen LogP contribution in [0, 0.1) is 0 Å². The largest absolute Gasteiger partial charge is 0.487 e. The Bertz CT molecular complexity index is 905. The Morgan fingerprint density at radius 2 is 2.20 bits per heavy atom. The molecule has 6 heteroatoms. The number of fused-ring (bicyclic) bond motifs is 1. The third-order valence-electron chi connectivity index (χ3n) is 4.36. The smallest absolute Gasteiger partial charge is 0.226 e. The van der Waals surface area contributed by atoms with Crippen molar-refractivity contribution in [2.24, 2.45) is 7.05 Å². The van der Waals surface area contributed by atoms with E-state index in [1.54, 1.807) is 10.9 Å². The third kappa shape index (κ3) is 3.10. The number of aryl methyl sites for hydroxylation is 1. The van der Waals surface area contributed by atoms with E-state index in [9.17, 15) is 4.79 Å². The number of pyridine rings is 1. The van der Waals surface area contributed by atoms with Gasteiger partial charge in [0, 0.05) is 31.1 Å². The lowest BCUT2D eigenvalue weighted by Crippen LogP contribution is -2.24. The van der Waals surface area contributed by atoms with Gasteiger partial charge in [0.2, 0.25) is 5.91 Å². The molecule has 3 aromatic rings. The molecule has 0 fully saturated rings. The Kier molecular flexibility index (Phi) is 3.93. The highest BCUT2D eigenvalue weighted by molar-refractivity contribution is 5.94. The molecule has 25 heavy (non-hydrogen) atoms. The highest BCUT2D eigenvalue weighted by atomic mass is 16.5. The number of hydrogen-bond acceptors (Lipinski definition) is 4. The van der Waals surface area contributed by atoms with Gasteiger partial charge in [0.1, 0.15) is 18.2 Å². The second kappa shape index (κ2) is 6.39.